The predicted molar refractivity (Wildman–Crippen MR) is 120 cm³/mol. The zero-order valence-corrected chi connectivity index (χ0v) is 18.2. The van der Waals surface area contributed by atoms with E-state index in [1.165, 1.54) is 12.8 Å². The van der Waals surface area contributed by atoms with Crippen molar-refractivity contribution in [1.29, 1.82) is 0 Å². The third-order valence-electron chi connectivity index (χ3n) is 5.60. The highest BCUT2D eigenvalue weighted by Crippen LogP contribution is 2.25. The molecule has 1 atom stereocenters. The van der Waals surface area contributed by atoms with Crippen LogP contribution in [-0.4, -0.2) is 41.3 Å². The third-order valence-corrected chi connectivity index (χ3v) is 5.60. The molecule has 168 valence electrons. The van der Waals surface area contributed by atoms with Gasteiger partial charge in [-0.1, -0.05) is 24.3 Å². The van der Waals surface area contributed by atoms with Gasteiger partial charge < -0.3 is 14.8 Å². The van der Waals surface area contributed by atoms with E-state index in [2.05, 4.69) is 15.4 Å². The number of pyridine rings is 1. The first-order valence-corrected chi connectivity index (χ1v) is 11.1. The summed E-state index contributed by atoms with van der Waals surface area (Å²) in [5.74, 6) is -0.0977. The average molecular weight is 437 g/mol. The molecule has 1 unspecified atom stereocenters. The van der Waals surface area contributed by atoms with Gasteiger partial charge in [-0.15, -0.1) is 0 Å². The number of aromatic nitrogens is 1. The van der Waals surface area contributed by atoms with Gasteiger partial charge >= 0.3 is 5.97 Å². The van der Waals surface area contributed by atoms with Crippen molar-refractivity contribution in [3.05, 3.63) is 54.2 Å². The second-order valence-corrected chi connectivity index (χ2v) is 7.91. The molecule has 2 heterocycles. The fraction of sp³-hybridized carbons (Fsp3) is 0.417. The van der Waals surface area contributed by atoms with Gasteiger partial charge in [0.1, 0.15) is 17.9 Å². The number of hydrogen-bond acceptors (Lipinski definition) is 7. The number of nitrogens with one attached hydrogen (secondary N) is 1. The van der Waals surface area contributed by atoms with E-state index in [1.54, 1.807) is 18.1 Å². The van der Waals surface area contributed by atoms with Crippen LogP contribution in [0.15, 0.2) is 53.8 Å². The zero-order valence-electron chi connectivity index (χ0n) is 18.2. The van der Waals surface area contributed by atoms with E-state index in [0.29, 0.717) is 12.4 Å². The molecule has 1 aromatic heterocycles. The van der Waals surface area contributed by atoms with Crippen molar-refractivity contribution < 1.29 is 19.1 Å². The maximum Gasteiger partial charge on any atom is 0.354 e. The summed E-state index contributed by atoms with van der Waals surface area (Å²) in [4.78, 5) is 29.6. The predicted octanol–water partition coefficient (Wildman–Crippen LogP) is 3.22. The summed E-state index contributed by atoms with van der Waals surface area (Å²) in [6.07, 6.45) is 6.73. The summed E-state index contributed by atoms with van der Waals surface area (Å²) >= 11 is 0. The highest BCUT2D eigenvalue weighted by atomic mass is 16.5. The van der Waals surface area contributed by atoms with Gasteiger partial charge in [0.25, 0.3) is 0 Å². The minimum absolute atomic E-state index is 0.186. The van der Waals surface area contributed by atoms with Crippen LogP contribution in [0.2, 0.25) is 0 Å². The van der Waals surface area contributed by atoms with Crippen LogP contribution in [0, 0.1) is 0 Å². The van der Waals surface area contributed by atoms with Crippen molar-refractivity contribution in [1.82, 2.24) is 10.3 Å². The van der Waals surface area contributed by atoms with E-state index in [-0.39, 0.29) is 30.8 Å². The number of esters is 1. The Morgan fingerprint density at radius 3 is 2.59 bits per heavy atom. The van der Waals surface area contributed by atoms with Crippen LogP contribution in [0.3, 0.4) is 0 Å². The van der Waals surface area contributed by atoms with Crippen LogP contribution in [0.25, 0.3) is 0 Å². The topological polar surface area (TPSA) is 93.1 Å². The van der Waals surface area contributed by atoms with Crippen LogP contribution >= 0.6 is 0 Å². The van der Waals surface area contributed by atoms with Crippen molar-refractivity contribution >= 4 is 23.3 Å². The van der Waals surface area contributed by atoms with Crippen molar-refractivity contribution in [2.75, 3.05) is 11.6 Å². The molecular formula is C24H28N4O4. The molecule has 32 heavy (non-hydrogen) atoms. The largest absolute Gasteiger partial charge is 0.474 e. The van der Waals surface area contributed by atoms with Crippen LogP contribution in [0.1, 0.15) is 44.6 Å². The number of carbonyl (C=O) groups excluding carboxylic acids is 2. The van der Waals surface area contributed by atoms with E-state index in [9.17, 15) is 9.59 Å². The number of rotatable bonds is 8. The van der Waals surface area contributed by atoms with Gasteiger partial charge in [0, 0.05) is 25.2 Å². The van der Waals surface area contributed by atoms with Gasteiger partial charge in [0.15, 0.2) is 0 Å². The Morgan fingerprint density at radius 2 is 1.91 bits per heavy atom. The van der Waals surface area contributed by atoms with Gasteiger partial charge in [-0.25, -0.2) is 9.78 Å². The molecule has 1 amide bonds. The molecule has 4 rings (SSSR count). The van der Waals surface area contributed by atoms with E-state index >= 15 is 0 Å². The van der Waals surface area contributed by atoms with Gasteiger partial charge in [-0.05, 0) is 50.3 Å². The third kappa shape index (κ3) is 5.25. The molecule has 0 saturated heterocycles. The minimum Gasteiger partial charge on any atom is -0.474 e. The molecule has 2 aromatic rings. The second kappa shape index (κ2) is 10.3. The van der Waals surface area contributed by atoms with E-state index in [4.69, 9.17) is 9.47 Å². The number of benzene rings is 1. The molecule has 0 bridgehead atoms. The Balaban J connectivity index is 1.38. The highest BCUT2D eigenvalue weighted by molar-refractivity contribution is 6.38. The highest BCUT2D eigenvalue weighted by Gasteiger charge is 2.36. The van der Waals surface area contributed by atoms with Crippen molar-refractivity contribution in [2.45, 2.75) is 57.7 Å². The Hall–Kier alpha value is -3.42. The summed E-state index contributed by atoms with van der Waals surface area (Å²) in [5, 5.41) is 8.90. The van der Waals surface area contributed by atoms with E-state index < -0.39 is 12.0 Å². The molecule has 1 fully saturated rings. The molecule has 1 N–H and O–H groups in total. The summed E-state index contributed by atoms with van der Waals surface area (Å²) in [7, 11) is 0. The average Bonchev–Trinajstić information content (AvgIpc) is 3.49. The van der Waals surface area contributed by atoms with Gasteiger partial charge in [-0.2, -0.15) is 5.10 Å². The number of hydrazone groups is 1. The van der Waals surface area contributed by atoms with Crippen LogP contribution in [-0.2, 0) is 20.9 Å². The molecule has 1 saturated carbocycles. The summed E-state index contributed by atoms with van der Waals surface area (Å²) < 4.78 is 11.0. The SMILES string of the molecule is CCOC(=O)C1=NN(c2ccccc2)C(C(=O)NCc2ccc(OC3CCCC3)nc2)C1. The number of carbonyl (C=O) groups is 2. The Bertz CT molecular complexity index is 956. The first-order valence-electron chi connectivity index (χ1n) is 11.1. The Kier molecular flexibility index (Phi) is 6.99. The second-order valence-electron chi connectivity index (χ2n) is 7.91. The number of para-hydroxylation sites is 1. The first kappa shape index (κ1) is 21.8. The summed E-state index contributed by atoms with van der Waals surface area (Å²) in [6, 6.07) is 12.4. The van der Waals surface area contributed by atoms with Crippen molar-refractivity contribution in [2.24, 2.45) is 5.10 Å². The Labute approximate surface area is 187 Å². The summed E-state index contributed by atoms with van der Waals surface area (Å²) in [6.45, 7) is 2.32. The van der Waals surface area contributed by atoms with Crippen LogP contribution in [0.4, 0.5) is 5.69 Å². The maximum absolute atomic E-state index is 13.0. The number of ether oxygens (including phenoxy) is 2. The quantitative estimate of drug-likeness (QED) is 0.639. The molecule has 8 nitrogen and oxygen atoms in total. The standard InChI is InChI=1S/C24H28N4O4/c1-2-31-24(30)20-14-21(28(27-20)18-8-4-3-5-9-18)23(29)26-16-17-12-13-22(25-15-17)32-19-10-6-7-11-19/h3-5,8-9,12-13,15,19,21H,2,6-7,10-11,14,16H2,1H3,(H,26,29). The molecule has 1 aliphatic carbocycles. The molecular weight excluding hydrogens is 408 g/mol. The van der Waals surface area contributed by atoms with Crippen LogP contribution in [0.5, 0.6) is 5.88 Å². The molecule has 2 aliphatic rings. The number of nitrogens with zero attached hydrogens (tertiary/aromatic N) is 3. The van der Waals surface area contributed by atoms with Gasteiger partial charge in [0.2, 0.25) is 11.8 Å². The normalized spacial score (nSPS) is 18.3. The zero-order chi connectivity index (χ0) is 22.3. The Morgan fingerprint density at radius 1 is 1.12 bits per heavy atom. The van der Waals surface area contributed by atoms with E-state index in [1.807, 2.05) is 42.5 Å². The lowest BCUT2D eigenvalue weighted by atomic mass is 10.1. The number of amides is 1. The molecule has 1 aromatic carbocycles. The monoisotopic (exact) mass is 436 g/mol. The smallest absolute Gasteiger partial charge is 0.354 e. The number of hydrogen-bond donors (Lipinski definition) is 1. The molecule has 0 radical (unpaired) electrons. The molecule has 8 heteroatoms. The minimum atomic E-state index is -0.630. The lowest BCUT2D eigenvalue weighted by Crippen LogP contribution is -2.42. The maximum atomic E-state index is 13.0. The summed E-state index contributed by atoms with van der Waals surface area (Å²) in [5.41, 5.74) is 1.85. The lowest BCUT2D eigenvalue weighted by Gasteiger charge is -2.22. The lowest BCUT2D eigenvalue weighted by molar-refractivity contribution is -0.135. The van der Waals surface area contributed by atoms with Gasteiger partial charge in [0.05, 0.1) is 12.3 Å². The first-order chi connectivity index (χ1) is 15.6. The van der Waals surface area contributed by atoms with Gasteiger partial charge in [-0.3, -0.25) is 9.80 Å². The molecule has 0 spiro atoms. The van der Waals surface area contributed by atoms with Crippen LogP contribution < -0.4 is 15.1 Å². The van der Waals surface area contributed by atoms with Crippen molar-refractivity contribution in [3.63, 3.8) is 0 Å². The fourth-order valence-electron chi connectivity index (χ4n) is 3.94. The fourth-order valence-corrected chi connectivity index (χ4v) is 3.94. The number of anilines is 1. The van der Waals surface area contributed by atoms with Crippen molar-refractivity contribution in [3.8, 4) is 5.88 Å². The molecule has 1 aliphatic heterocycles. The van der Waals surface area contributed by atoms with E-state index in [0.717, 1.165) is 24.1 Å².